The molecule has 2 aromatic rings. The molecule has 2 aliphatic heterocycles. The minimum Gasteiger partial charge on any atom is -0.345 e. The second kappa shape index (κ2) is 7.03. The van der Waals surface area contributed by atoms with Crippen LogP contribution in [0.15, 0.2) is 24.3 Å². The normalized spacial score (nSPS) is 21.5. The summed E-state index contributed by atoms with van der Waals surface area (Å²) in [4.78, 5) is 21.4. The van der Waals surface area contributed by atoms with Gasteiger partial charge in [0.05, 0.1) is 16.3 Å². The van der Waals surface area contributed by atoms with Crippen LogP contribution in [-0.4, -0.2) is 54.6 Å². The summed E-state index contributed by atoms with van der Waals surface area (Å²) < 4.78 is 1.23. The fraction of sp³-hybridized carbons (Fsp3) is 0.500. The minimum absolute atomic E-state index is 0. The lowest BCUT2D eigenvalue weighted by Gasteiger charge is -2.35. The number of aromatic nitrogens is 1. The van der Waals surface area contributed by atoms with Gasteiger partial charge in [0.15, 0.2) is 5.13 Å². The summed E-state index contributed by atoms with van der Waals surface area (Å²) in [5.41, 5.74) is 1.07. The highest BCUT2D eigenvalue weighted by Gasteiger charge is 2.29. The lowest BCUT2D eigenvalue weighted by Crippen LogP contribution is -2.53. The van der Waals surface area contributed by atoms with E-state index in [1.54, 1.807) is 11.3 Å². The number of nitrogens with one attached hydrogen (secondary N) is 1. The van der Waals surface area contributed by atoms with E-state index in [0.29, 0.717) is 0 Å². The van der Waals surface area contributed by atoms with Crippen LogP contribution in [0.25, 0.3) is 10.2 Å². The molecule has 0 aliphatic carbocycles. The van der Waals surface area contributed by atoms with Crippen LogP contribution in [0.1, 0.15) is 12.8 Å². The smallest absolute Gasteiger partial charge is 0.239 e. The summed E-state index contributed by atoms with van der Waals surface area (Å²) in [6.07, 6.45) is 2.10. The zero-order chi connectivity index (χ0) is 14.9. The van der Waals surface area contributed by atoms with Crippen LogP contribution >= 0.6 is 23.7 Å². The molecule has 0 radical (unpaired) electrons. The number of benzene rings is 1. The van der Waals surface area contributed by atoms with Gasteiger partial charge >= 0.3 is 0 Å². The van der Waals surface area contributed by atoms with Gasteiger partial charge in [-0.15, -0.1) is 12.4 Å². The van der Waals surface area contributed by atoms with E-state index in [0.717, 1.165) is 56.2 Å². The molecule has 4 rings (SSSR count). The van der Waals surface area contributed by atoms with Gasteiger partial charge < -0.3 is 15.1 Å². The van der Waals surface area contributed by atoms with Gasteiger partial charge in [0.1, 0.15) is 0 Å². The Morgan fingerprint density at radius 3 is 2.70 bits per heavy atom. The molecule has 1 aromatic heterocycles. The highest BCUT2D eigenvalue weighted by molar-refractivity contribution is 7.22. The zero-order valence-electron chi connectivity index (χ0n) is 12.9. The third-order valence-corrected chi connectivity index (χ3v) is 5.60. The summed E-state index contributed by atoms with van der Waals surface area (Å²) in [6.45, 7) is 4.32. The Balaban J connectivity index is 0.00000156. The number of anilines is 1. The van der Waals surface area contributed by atoms with E-state index in [2.05, 4.69) is 28.4 Å². The van der Waals surface area contributed by atoms with Gasteiger partial charge in [-0.1, -0.05) is 23.5 Å². The first kappa shape index (κ1) is 16.5. The summed E-state index contributed by atoms with van der Waals surface area (Å²) in [6, 6.07) is 8.30. The monoisotopic (exact) mass is 352 g/mol. The number of hydrogen-bond donors (Lipinski definition) is 1. The van der Waals surface area contributed by atoms with Gasteiger partial charge in [0, 0.05) is 26.2 Å². The number of fused-ring (bicyclic) bond motifs is 1. The van der Waals surface area contributed by atoms with Crippen molar-refractivity contribution in [2.75, 3.05) is 37.6 Å². The molecule has 7 heteroatoms. The van der Waals surface area contributed by atoms with Crippen molar-refractivity contribution in [1.82, 2.24) is 15.2 Å². The summed E-state index contributed by atoms with van der Waals surface area (Å²) >= 11 is 1.74. The van der Waals surface area contributed by atoms with E-state index in [1.807, 2.05) is 11.0 Å². The Bertz CT molecular complexity index is 645. The molecule has 5 nitrogen and oxygen atoms in total. The van der Waals surface area contributed by atoms with Crippen LogP contribution in [0.4, 0.5) is 5.13 Å². The molecule has 0 saturated carbocycles. The molecule has 23 heavy (non-hydrogen) atoms. The number of carbonyl (C=O) groups is 1. The maximum Gasteiger partial charge on any atom is 0.239 e. The van der Waals surface area contributed by atoms with Crippen LogP contribution in [0.2, 0.25) is 0 Å². The van der Waals surface area contributed by atoms with E-state index in [1.165, 1.54) is 4.70 Å². The predicted octanol–water partition coefficient (Wildman–Crippen LogP) is 2.12. The molecule has 1 amide bonds. The first-order chi connectivity index (χ1) is 10.8. The number of amides is 1. The van der Waals surface area contributed by atoms with Crippen LogP contribution in [0.3, 0.4) is 0 Å². The van der Waals surface area contributed by atoms with Crippen molar-refractivity contribution >= 4 is 45.0 Å². The van der Waals surface area contributed by atoms with Crippen molar-refractivity contribution in [2.24, 2.45) is 0 Å². The van der Waals surface area contributed by atoms with Crippen molar-refractivity contribution in [3.8, 4) is 0 Å². The predicted molar refractivity (Wildman–Crippen MR) is 96.7 cm³/mol. The van der Waals surface area contributed by atoms with Crippen molar-refractivity contribution in [3.05, 3.63) is 24.3 Å². The van der Waals surface area contributed by atoms with E-state index < -0.39 is 0 Å². The van der Waals surface area contributed by atoms with E-state index >= 15 is 0 Å². The van der Waals surface area contributed by atoms with Gasteiger partial charge in [0.2, 0.25) is 5.91 Å². The first-order valence-electron chi connectivity index (χ1n) is 7.94. The standard InChI is InChI=1S/C16H20N4OS.ClH/c21-15(13-5-3-7-17-13)19-8-10-20(11-9-19)16-18-12-4-1-2-6-14(12)22-16;/h1-2,4,6,13,17H,3,5,7-11H2;1H. The topological polar surface area (TPSA) is 48.5 Å². The minimum atomic E-state index is 0. The second-order valence-corrected chi connectivity index (χ2v) is 6.93. The molecule has 2 aliphatic rings. The van der Waals surface area contributed by atoms with Crippen LogP contribution in [0.5, 0.6) is 0 Å². The molecular formula is C16H21ClN4OS. The largest absolute Gasteiger partial charge is 0.345 e. The quantitative estimate of drug-likeness (QED) is 0.899. The van der Waals surface area contributed by atoms with Gasteiger partial charge in [-0.05, 0) is 31.5 Å². The third kappa shape index (κ3) is 3.29. The first-order valence-corrected chi connectivity index (χ1v) is 8.75. The zero-order valence-corrected chi connectivity index (χ0v) is 14.5. The maximum atomic E-state index is 12.4. The number of piperazine rings is 1. The number of para-hydroxylation sites is 1. The highest BCUT2D eigenvalue weighted by Crippen LogP contribution is 2.29. The van der Waals surface area contributed by atoms with Gasteiger partial charge in [-0.2, -0.15) is 0 Å². The van der Waals surface area contributed by atoms with Gasteiger partial charge in [-0.25, -0.2) is 4.98 Å². The second-order valence-electron chi connectivity index (χ2n) is 5.93. The number of rotatable bonds is 2. The van der Waals surface area contributed by atoms with E-state index in [-0.39, 0.29) is 24.4 Å². The van der Waals surface area contributed by atoms with Crippen LogP contribution in [0, 0.1) is 0 Å². The number of thiazole rings is 1. The third-order valence-electron chi connectivity index (χ3n) is 4.50. The summed E-state index contributed by atoms with van der Waals surface area (Å²) in [5, 5.41) is 4.38. The number of nitrogens with zero attached hydrogens (tertiary/aromatic N) is 3. The van der Waals surface area contributed by atoms with Crippen LogP contribution in [-0.2, 0) is 4.79 Å². The number of halogens is 1. The molecule has 1 aromatic carbocycles. The van der Waals surface area contributed by atoms with Crippen molar-refractivity contribution in [1.29, 1.82) is 0 Å². The molecule has 2 saturated heterocycles. The number of carbonyl (C=O) groups excluding carboxylic acids is 1. The molecule has 0 spiro atoms. The Morgan fingerprint density at radius 2 is 2.00 bits per heavy atom. The molecular weight excluding hydrogens is 332 g/mol. The SMILES string of the molecule is Cl.O=C(C1CCCN1)N1CCN(c2nc3ccccc3s2)CC1. The lowest BCUT2D eigenvalue weighted by atomic mass is 10.2. The van der Waals surface area contributed by atoms with Gasteiger partial charge in [-0.3, -0.25) is 4.79 Å². The fourth-order valence-corrected chi connectivity index (χ4v) is 4.25. The molecule has 2 fully saturated rings. The van der Waals surface area contributed by atoms with Crippen molar-refractivity contribution < 1.29 is 4.79 Å². The highest BCUT2D eigenvalue weighted by atomic mass is 35.5. The number of hydrogen-bond acceptors (Lipinski definition) is 5. The molecule has 0 bridgehead atoms. The van der Waals surface area contributed by atoms with Gasteiger partial charge in [0.25, 0.3) is 0 Å². The van der Waals surface area contributed by atoms with E-state index in [4.69, 9.17) is 4.98 Å². The van der Waals surface area contributed by atoms with Crippen LogP contribution < -0.4 is 10.2 Å². The molecule has 124 valence electrons. The Kier molecular flexibility index (Phi) is 5.04. The lowest BCUT2D eigenvalue weighted by molar-refractivity contribution is -0.133. The Morgan fingerprint density at radius 1 is 1.22 bits per heavy atom. The molecule has 1 N–H and O–H groups in total. The average molecular weight is 353 g/mol. The summed E-state index contributed by atoms with van der Waals surface area (Å²) in [7, 11) is 0. The van der Waals surface area contributed by atoms with Crippen molar-refractivity contribution in [2.45, 2.75) is 18.9 Å². The maximum absolute atomic E-state index is 12.4. The fourth-order valence-electron chi connectivity index (χ4n) is 3.23. The van der Waals surface area contributed by atoms with E-state index in [9.17, 15) is 4.79 Å². The molecule has 3 heterocycles. The molecule has 1 unspecified atom stereocenters. The van der Waals surface area contributed by atoms with Crippen molar-refractivity contribution in [3.63, 3.8) is 0 Å². The molecule has 1 atom stereocenters. The Labute approximate surface area is 146 Å². The Hall–Kier alpha value is -1.37. The average Bonchev–Trinajstić information content (AvgIpc) is 3.23. The summed E-state index contributed by atoms with van der Waals surface area (Å²) in [5.74, 6) is 0.279.